The van der Waals surface area contributed by atoms with E-state index >= 15 is 0 Å². The van der Waals surface area contributed by atoms with Gasteiger partial charge >= 0.3 is 0 Å². The van der Waals surface area contributed by atoms with Crippen LogP contribution in [0.3, 0.4) is 0 Å². The van der Waals surface area contributed by atoms with E-state index in [0.717, 1.165) is 23.7 Å². The van der Waals surface area contributed by atoms with Gasteiger partial charge in [0.15, 0.2) is 5.82 Å². The second-order valence-electron chi connectivity index (χ2n) is 4.60. The summed E-state index contributed by atoms with van der Waals surface area (Å²) in [5.74, 6) is 2.45. The highest BCUT2D eigenvalue weighted by molar-refractivity contribution is 5.28. The summed E-state index contributed by atoms with van der Waals surface area (Å²) in [4.78, 5) is 4.36. The summed E-state index contributed by atoms with van der Waals surface area (Å²) in [7, 11) is 0. The van der Waals surface area contributed by atoms with Crippen molar-refractivity contribution in [3.8, 4) is 5.75 Å². The molecule has 88 valence electrons. The molecule has 0 spiro atoms. The predicted octanol–water partition coefficient (Wildman–Crippen LogP) is 2.32. The van der Waals surface area contributed by atoms with Gasteiger partial charge in [-0.25, -0.2) is 0 Å². The smallest absolute Gasteiger partial charge is 0.231 e. The Morgan fingerprint density at radius 2 is 2.24 bits per heavy atom. The molecular weight excluding hydrogens is 216 g/mol. The van der Waals surface area contributed by atoms with Crippen molar-refractivity contribution in [3.05, 3.63) is 41.5 Å². The summed E-state index contributed by atoms with van der Waals surface area (Å²) in [6, 6.07) is 7.11. The van der Waals surface area contributed by atoms with Gasteiger partial charge in [0.25, 0.3) is 0 Å². The lowest BCUT2D eigenvalue weighted by Gasteiger charge is -1.96. The molecule has 0 radical (unpaired) electrons. The molecule has 1 saturated carbocycles. The maximum absolute atomic E-state index is 9.36. The minimum absolute atomic E-state index is 0.264. The third-order valence-electron chi connectivity index (χ3n) is 2.94. The second-order valence-corrected chi connectivity index (χ2v) is 4.60. The Balaban J connectivity index is 1.69. The zero-order valence-electron chi connectivity index (χ0n) is 9.47. The first-order valence-electron chi connectivity index (χ1n) is 5.89. The molecule has 1 aromatic heterocycles. The van der Waals surface area contributed by atoms with E-state index in [2.05, 4.69) is 10.1 Å². The number of aromatic hydroxyl groups is 1. The number of aromatic nitrogens is 2. The molecule has 1 N–H and O–H groups in total. The molecule has 2 aromatic rings. The Kier molecular flexibility index (Phi) is 2.55. The fraction of sp³-hybridized carbons (Fsp3) is 0.385. The predicted molar refractivity (Wildman–Crippen MR) is 61.6 cm³/mol. The van der Waals surface area contributed by atoms with E-state index in [0.29, 0.717) is 12.3 Å². The zero-order valence-corrected chi connectivity index (χ0v) is 9.47. The SMILES string of the molecule is Oc1cccc(Cc2nc(CC3CC3)no2)c1. The zero-order chi connectivity index (χ0) is 11.7. The molecule has 1 fully saturated rings. The van der Waals surface area contributed by atoms with Gasteiger partial charge in [0.2, 0.25) is 5.89 Å². The van der Waals surface area contributed by atoms with E-state index in [1.54, 1.807) is 12.1 Å². The monoisotopic (exact) mass is 230 g/mol. The number of phenolic OH excluding ortho intramolecular Hbond substituents is 1. The van der Waals surface area contributed by atoms with Crippen LogP contribution in [0.2, 0.25) is 0 Å². The third kappa shape index (κ3) is 2.64. The first-order valence-corrected chi connectivity index (χ1v) is 5.89. The largest absolute Gasteiger partial charge is 0.508 e. The van der Waals surface area contributed by atoms with Gasteiger partial charge in [0.1, 0.15) is 5.75 Å². The molecule has 4 nitrogen and oxygen atoms in total. The fourth-order valence-corrected chi connectivity index (χ4v) is 1.87. The Bertz CT molecular complexity index is 518. The van der Waals surface area contributed by atoms with Crippen molar-refractivity contribution in [1.29, 1.82) is 0 Å². The first-order chi connectivity index (χ1) is 8.29. The van der Waals surface area contributed by atoms with Crippen LogP contribution < -0.4 is 0 Å². The van der Waals surface area contributed by atoms with E-state index in [1.165, 1.54) is 12.8 Å². The van der Waals surface area contributed by atoms with Crippen molar-refractivity contribution in [2.75, 3.05) is 0 Å². The number of phenols is 1. The van der Waals surface area contributed by atoms with Crippen molar-refractivity contribution < 1.29 is 9.63 Å². The summed E-state index contributed by atoms with van der Waals surface area (Å²) in [6.45, 7) is 0. The number of rotatable bonds is 4. The highest BCUT2D eigenvalue weighted by atomic mass is 16.5. The van der Waals surface area contributed by atoms with E-state index in [-0.39, 0.29) is 5.75 Å². The maximum Gasteiger partial charge on any atom is 0.231 e. The third-order valence-corrected chi connectivity index (χ3v) is 2.94. The molecule has 1 aromatic carbocycles. The highest BCUT2D eigenvalue weighted by Gasteiger charge is 2.23. The van der Waals surface area contributed by atoms with Gasteiger partial charge in [-0.3, -0.25) is 0 Å². The van der Waals surface area contributed by atoms with Gasteiger partial charge in [-0.2, -0.15) is 4.98 Å². The lowest BCUT2D eigenvalue weighted by molar-refractivity contribution is 0.378. The van der Waals surface area contributed by atoms with Crippen LogP contribution in [0.5, 0.6) is 5.75 Å². The van der Waals surface area contributed by atoms with Gasteiger partial charge in [0.05, 0.1) is 6.42 Å². The Labute approximate surface area is 99.3 Å². The summed E-state index contributed by atoms with van der Waals surface area (Å²) in [5, 5.41) is 13.3. The fourth-order valence-electron chi connectivity index (χ4n) is 1.87. The molecule has 3 rings (SSSR count). The lowest BCUT2D eigenvalue weighted by Crippen LogP contribution is -1.91. The summed E-state index contributed by atoms with van der Waals surface area (Å²) < 4.78 is 5.19. The molecule has 0 saturated heterocycles. The molecule has 0 amide bonds. The number of nitrogens with zero attached hydrogens (tertiary/aromatic N) is 2. The molecule has 1 aliphatic rings. The van der Waals surface area contributed by atoms with Crippen LogP contribution in [-0.2, 0) is 12.8 Å². The minimum atomic E-state index is 0.264. The molecule has 0 bridgehead atoms. The average Bonchev–Trinajstić information content (AvgIpc) is 2.99. The van der Waals surface area contributed by atoms with Crippen LogP contribution >= 0.6 is 0 Å². The van der Waals surface area contributed by atoms with Crippen LogP contribution in [0, 0.1) is 5.92 Å². The molecule has 0 unspecified atom stereocenters. The number of hydrogen-bond acceptors (Lipinski definition) is 4. The first kappa shape index (κ1) is 10.3. The Hall–Kier alpha value is -1.84. The van der Waals surface area contributed by atoms with Crippen molar-refractivity contribution in [2.45, 2.75) is 25.7 Å². The topological polar surface area (TPSA) is 59.2 Å². The molecule has 0 aliphatic heterocycles. The Morgan fingerprint density at radius 3 is 3.00 bits per heavy atom. The number of benzene rings is 1. The summed E-state index contributed by atoms with van der Waals surface area (Å²) in [5.41, 5.74) is 0.978. The maximum atomic E-state index is 9.36. The van der Waals surface area contributed by atoms with E-state index in [1.807, 2.05) is 12.1 Å². The van der Waals surface area contributed by atoms with E-state index in [4.69, 9.17) is 4.52 Å². The minimum Gasteiger partial charge on any atom is -0.508 e. The van der Waals surface area contributed by atoms with Crippen LogP contribution in [-0.4, -0.2) is 15.2 Å². The molecule has 1 heterocycles. The van der Waals surface area contributed by atoms with Crippen molar-refractivity contribution in [1.82, 2.24) is 10.1 Å². The highest BCUT2D eigenvalue weighted by Crippen LogP contribution is 2.31. The lowest BCUT2D eigenvalue weighted by atomic mass is 10.1. The van der Waals surface area contributed by atoms with Crippen LogP contribution in [0.25, 0.3) is 0 Å². The molecular formula is C13H14N2O2. The van der Waals surface area contributed by atoms with Crippen LogP contribution in [0.4, 0.5) is 0 Å². The van der Waals surface area contributed by atoms with E-state index in [9.17, 15) is 5.11 Å². The van der Waals surface area contributed by atoms with Crippen molar-refractivity contribution >= 4 is 0 Å². The van der Waals surface area contributed by atoms with Gasteiger partial charge in [-0.1, -0.05) is 17.3 Å². The quantitative estimate of drug-likeness (QED) is 0.875. The van der Waals surface area contributed by atoms with Crippen LogP contribution in [0.15, 0.2) is 28.8 Å². The number of hydrogen-bond donors (Lipinski definition) is 1. The van der Waals surface area contributed by atoms with E-state index < -0.39 is 0 Å². The molecule has 1 aliphatic carbocycles. The van der Waals surface area contributed by atoms with Crippen molar-refractivity contribution in [3.63, 3.8) is 0 Å². The molecule has 17 heavy (non-hydrogen) atoms. The van der Waals surface area contributed by atoms with Gasteiger partial charge in [-0.05, 0) is 36.5 Å². The van der Waals surface area contributed by atoms with Gasteiger partial charge in [-0.15, -0.1) is 0 Å². The average molecular weight is 230 g/mol. The van der Waals surface area contributed by atoms with Gasteiger partial charge < -0.3 is 9.63 Å². The second kappa shape index (κ2) is 4.20. The molecule has 4 heteroatoms. The summed E-state index contributed by atoms with van der Waals surface area (Å²) in [6.07, 6.45) is 4.09. The Morgan fingerprint density at radius 1 is 1.35 bits per heavy atom. The van der Waals surface area contributed by atoms with Crippen molar-refractivity contribution in [2.24, 2.45) is 5.92 Å². The normalized spacial score (nSPS) is 15.1. The standard InChI is InChI=1S/C13H14N2O2/c16-11-3-1-2-10(6-11)8-13-14-12(15-17-13)7-9-4-5-9/h1-3,6,9,16H,4-5,7-8H2. The molecule has 0 atom stereocenters. The summed E-state index contributed by atoms with van der Waals surface area (Å²) >= 11 is 0. The van der Waals surface area contributed by atoms with Gasteiger partial charge in [0, 0.05) is 6.42 Å². The van der Waals surface area contributed by atoms with Crippen LogP contribution in [0.1, 0.15) is 30.1 Å².